The minimum absolute atomic E-state index is 0.503. The Kier molecular flexibility index (Phi) is 3.07. The minimum atomic E-state index is 0.503. The van der Waals surface area contributed by atoms with Crippen LogP contribution in [0.25, 0.3) is 11.0 Å². The Morgan fingerprint density at radius 3 is 3.21 bits per heavy atom. The fourth-order valence-corrected chi connectivity index (χ4v) is 1.66. The fourth-order valence-electron chi connectivity index (χ4n) is 1.66. The van der Waals surface area contributed by atoms with Crippen LogP contribution in [0, 0.1) is 0 Å². The van der Waals surface area contributed by atoms with Gasteiger partial charge in [-0.1, -0.05) is 0 Å². The Bertz CT molecular complexity index is 674. The number of H-pyrrole nitrogens is 1. The highest BCUT2D eigenvalue weighted by Crippen LogP contribution is 2.14. The molecule has 3 rings (SSSR count). The van der Waals surface area contributed by atoms with Gasteiger partial charge < -0.3 is 10.1 Å². The summed E-state index contributed by atoms with van der Waals surface area (Å²) in [7, 11) is 1.66. The molecular weight excluding hydrogens is 246 g/mol. The summed E-state index contributed by atoms with van der Waals surface area (Å²) in [5, 5.41) is 14.9. The summed E-state index contributed by atoms with van der Waals surface area (Å²) in [4.78, 5) is 8.50. The second kappa shape index (κ2) is 5.02. The van der Waals surface area contributed by atoms with Crippen molar-refractivity contribution in [1.82, 2.24) is 29.9 Å². The SMILES string of the molecule is COCCn1cc(Nc2ncc3cn[nH]c3n2)cn1. The van der Waals surface area contributed by atoms with E-state index < -0.39 is 0 Å². The zero-order valence-electron chi connectivity index (χ0n) is 10.4. The minimum Gasteiger partial charge on any atom is -0.383 e. The van der Waals surface area contributed by atoms with Crippen molar-refractivity contribution in [3.8, 4) is 0 Å². The third-order valence-corrected chi connectivity index (χ3v) is 2.61. The largest absolute Gasteiger partial charge is 0.383 e. The van der Waals surface area contributed by atoms with E-state index in [1.807, 2.05) is 6.20 Å². The summed E-state index contributed by atoms with van der Waals surface area (Å²) >= 11 is 0. The van der Waals surface area contributed by atoms with E-state index in [1.54, 1.807) is 30.4 Å². The topological polar surface area (TPSA) is 93.5 Å². The molecule has 8 nitrogen and oxygen atoms in total. The molecule has 0 radical (unpaired) electrons. The summed E-state index contributed by atoms with van der Waals surface area (Å²) in [5.74, 6) is 0.503. The van der Waals surface area contributed by atoms with Gasteiger partial charge in [0, 0.05) is 19.5 Å². The number of hydrogen-bond donors (Lipinski definition) is 2. The molecule has 0 amide bonds. The fraction of sp³-hybridized carbons (Fsp3) is 0.273. The molecule has 0 aliphatic heterocycles. The Morgan fingerprint density at radius 1 is 1.37 bits per heavy atom. The second-order valence-electron chi connectivity index (χ2n) is 3.98. The van der Waals surface area contributed by atoms with Gasteiger partial charge in [-0.2, -0.15) is 15.2 Å². The van der Waals surface area contributed by atoms with E-state index in [0.717, 1.165) is 11.1 Å². The third kappa shape index (κ3) is 2.52. The number of methoxy groups -OCH3 is 1. The van der Waals surface area contributed by atoms with Crippen LogP contribution in [-0.2, 0) is 11.3 Å². The molecule has 0 bridgehead atoms. The molecule has 2 N–H and O–H groups in total. The van der Waals surface area contributed by atoms with Gasteiger partial charge in [-0.05, 0) is 0 Å². The lowest BCUT2D eigenvalue weighted by atomic mass is 10.4. The first-order valence-corrected chi connectivity index (χ1v) is 5.80. The van der Waals surface area contributed by atoms with E-state index in [2.05, 4.69) is 30.6 Å². The summed E-state index contributed by atoms with van der Waals surface area (Å²) < 4.78 is 6.79. The molecule has 0 aliphatic rings. The molecule has 0 unspecified atom stereocenters. The highest BCUT2D eigenvalue weighted by molar-refractivity contribution is 5.74. The zero-order chi connectivity index (χ0) is 13.1. The van der Waals surface area contributed by atoms with Gasteiger partial charge in [0.25, 0.3) is 0 Å². The predicted octanol–water partition coefficient (Wildman–Crippen LogP) is 0.939. The van der Waals surface area contributed by atoms with Crippen LogP contribution < -0.4 is 5.32 Å². The normalized spacial score (nSPS) is 11.0. The van der Waals surface area contributed by atoms with Crippen LogP contribution in [-0.4, -0.2) is 43.7 Å². The van der Waals surface area contributed by atoms with Crippen LogP contribution >= 0.6 is 0 Å². The maximum atomic E-state index is 5.00. The van der Waals surface area contributed by atoms with Crippen molar-refractivity contribution in [3.05, 3.63) is 24.8 Å². The molecule has 0 spiro atoms. The molecule has 3 aromatic heterocycles. The number of nitrogens with zero attached hydrogens (tertiary/aromatic N) is 5. The average molecular weight is 259 g/mol. The number of rotatable bonds is 5. The van der Waals surface area contributed by atoms with Crippen molar-refractivity contribution in [2.75, 3.05) is 19.0 Å². The maximum Gasteiger partial charge on any atom is 0.229 e. The van der Waals surface area contributed by atoms with Gasteiger partial charge in [0.2, 0.25) is 5.95 Å². The first-order chi connectivity index (χ1) is 9.35. The number of anilines is 2. The average Bonchev–Trinajstić information content (AvgIpc) is 3.05. The lowest BCUT2D eigenvalue weighted by Gasteiger charge is -2.01. The zero-order valence-corrected chi connectivity index (χ0v) is 10.4. The van der Waals surface area contributed by atoms with Crippen molar-refractivity contribution in [3.63, 3.8) is 0 Å². The molecule has 0 aromatic carbocycles. The summed E-state index contributed by atoms with van der Waals surface area (Å²) in [5.41, 5.74) is 1.53. The van der Waals surface area contributed by atoms with Crippen molar-refractivity contribution >= 4 is 22.7 Å². The van der Waals surface area contributed by atoms with E-state index >= 15 is 0 Å². The molecule has 0 saturated heterocycles. The van der Waals surface area contributed by atoms with Gasteiger partial charge in [0.1, 0.15) is 0 Å². The number of aromatic nitrogens is 6. The molecular formula is C11H13N7O. The Balaban J connectivity index is 1.74. The molecule has 19 heavy (non-hydrogen) atoms. The Hall–Kier alpha value is -2.48. The monoisotopic (exact) mass is 259 g/mol. The number of hydrogen-bond acceptors (Lipinski definition) is 6. The highest BCUT2D eigenvalue weighted by Gasteiger charge is 2.03. The summed E-state index contributed by atoms with van der Waals surface area (Å²) in [6, 6.07) is 0. The lowest BCUT2D eigenvalue weighted by Crippen LogP contribution is -2.04. The lowest BCUT2D eigenvalue weighted by molar-refractivity contribution is 0.183. The van der Waals surface area contributed by atoms with E-state index in [1.165, 1.54) is 0 Å². The van der Waals surface area contributed by atoms with Crippen molar-refractivity contribution in [2.24, 2.45) is 0 Å². The quantitative estimate of drug-likeness (QED) is 0.708. The molecule has 0 atom stereocenters. The molecule has 8 heteroatoms. The van der Waals surface area contributed by atoms with Gasteiger partial charge in [-0.3, -0.25) is 9.78 Å². The van der Waals surface area contributed by atoms with E-state index in [4.69, 9.17) is 4.74 Å². The van der Waals surface area contributed by atoms with Crippen molar-refractivity contribution < 1.29 is 4.74 Å². The van der Waals surface area contributed by atoms with Gasteiger partial charge in [0.05, 0.1) is 36.6 Å². The number of nitrogens with one attached hydrogen (secondary N) is 2. The Morgan fingerprint density at radius 2 is 2.32 bits per heavy atom. The van der Waals surface area contributed by atoms with Gasteiger partial charge in [-0.25, -0.2) is 4.98 Å². The predicted molar refractivity (Wildman–Crippen MR) is 69.1 cm³/mol. The summed E-state index contributed by atoms with van der Waals surface area (Å²) in [6.45, 7) is 1.33. The van der Waals surface area contributed by atoms with Crippen LogP contribution in [0.15, 0.2) is 24.8 Å². The number of ether oxygens (including phenoxy) is 1. The van der Waals surface area contributed by atoms with Gasteiger partial charge >= 0.3 is 0 Å². The third-order valence-electron chi connectivity index (χ3n) is 2.61. The van der Waals surface area contributed by atoms with Gasteiger partial charge in [0.15, 0.2) is 5.65 Å². The molecule has 0 fully saturated rings. The Labute approximate surface area is 108 Å². The first-order valence-electron chi connectivity index (χ1n) is 5.80. The molecule has 3 heterocycles. The number of fused-ring (bicyclic) bond motifs is 1. The van der Waals surface area contributed by atoms with Crippen molar-refractivity contribution in [1.29, 1.82) is 0 Å². The molecule has 0 aliphatic carbocycles. The maximum absolute atomic E-state index is 5.00. The smallest absolute Gasteiger partial charge is 0.229 e. The summed E-state index contributed by atoms with van der Waals surface area (Å²) in [6.07, 6.45) is 6.99. The molecule has 0 saturated carbocycles. The van der Waals surface area contributed by atoms with E-state index in [0.29, 0.717) is 24.7 Å². The molecule has 98 valence electrons. The molecule has 3 aromatic rings. The van der Waals surface area contributed by atoms with Crippen molar-refractivity contribution in [2.45, 2.75) is 6.54 Å². The highest BCUT2D eigenvalue weighted by atomic mass is 16.5. The van der Waals surface area contributed by atoms with Crippen LogP contribution in [0.3, 0.4) is 0 Å². The van der Waals surface area contributed by atoms with E-state index in [9.17, 15) is 0 Å². The first kappa shape index (κ1) is 11.6. The standard InChI is InChI=1S/C11H13N7O/c1-19-3-2-18-7-9(6-14-18)15-11-12-4-8-5-13-17-10(8)16-11/h4-7H,2-3H2,1H3,(H2,12,13,15,16,17). The number of aromatic amines is 1. The van der Waals surface area contributed by atoms with Crippen LogP contribution in [0.1, 0.15) is 0 Å². The second-order valence-corrected chi connectivity index (χ2v) is 3.98. The van der Waals surface area contributed by atoms with Crippen LogP contribution in [0.4, 0.5) is 11.6 Å². The van der Waals surface area contributed by atoms with E-state index in [-0.39, 0.29) is 0 Å². The van der Waals surface area contributed by atoms with Gasteiger partial charge in [-0.15, -0.1) is 0 Å². The van der Waals surface area contributed by atoms with Crippen LogP contribution in [0.2, 0.25) is 0 Å². The van der Waals surface area contributed by atoms with Crippen LogP contribution in [0.5, 0.6) is 0 Å².